The van der Waals surface area contributed by atoms with E-state index in [9.17, 15) is 13.5 Å². The molecule has 1 atom stereocenters. The molecule has 0 amide bonds. The van der Waals surface area contributed by atoms with Crippen molar-refractivity contribution in [2.45, 2.75) is 37.2 Å². The lowest BCUT2D eigenvalue weighted by Gasteiger charge is -2.09. The Balaban J connectivity index is 2.54. The zero-order valence-corrected chi connectivity index (χ0v) is 12.8. The molecule has 5 nitrogen and oxygen atoms in total. The van der Waals surface area contributed by atoms with E-state index in [4.69, 9.17) is 4.74 Å². The minimum absolute atomic E-state index is 0.188. The average molecular weight is 301 g/mol. The lowest BCUT2D eigenvalue weighted by atomic mass is 10.1. The maximum absolute atomic E-state index is 12.1. The second-order valence-electron chi connectivity index (χ2n) is 4.70. The third-order valence-corrected chi connectivity index (χ3v) is 4.43. The number of aliphatic hydroxyl groups is 1. The topological polar surface area (TPSA) is 75.6 Å². The molecule has 0 aliphatic carbocycles. The first-order valence-electron chi connectivity index (χ1n) is 6.74. The monoisotopic (exact) mass is 301 g/mol. The molecule has 0 aliphatic heterocycles. The van der Waals surface area contributed by atoms with Gasteiger partial charge in [0.05, 0.1) is 11.0 Å². The number of rotatable bonds is 9. The van der Waals surface area contributed by atoms with Gasteiger partial charge in [-0.1, -0.05) is 12.1 Å². The highest BCUT2D eigenvalue weighted by Gasteiger charge is 2.14. The summed E-state index contributed by atoms with van der Waals surface area (Å²) in [5.41, 5.74) is 0.591. The third kappa shape index (κ3) is 5.58. The van der Waals surface area contributed by atoms with Gasteiger partial charge in [-0.15, -0.1) is 0 Å². The molecule has 0 saturated carbocycles. The van der Waals surface area contributed by atoms with Crippen molar-refractivity contribution < 1.29 is 18.3 Å². The number of methoxy groups -OCH3 is 1. The second kappa shape index (κ2) is 8.36. The zero-order chi connectivity index (χ0) is 15.0. The Morgan fingerprint density at radius 2 is 2.05 bits per heavy atom. The Kier molecular flexibility index (Phi) is 7.15. The zero-order valence-electron chi connectivity index (χ0n) is 12.0. The van der Waals surface area contributed by atoms with Crippen LogP contribution in [0.25, 0.3) is 0 Å². The predicted octanol–water partition coefficient (Wildman–Crippen LogP) is 1.83. The number of hydrogen-bond acceptors (Lipinski definition) is 4. The number of hydrogen-bond donors (Lipinski definition) is 2. The van der Waals surface area contributed by atoms with Crippen LogP contribution in [0.2, 0.25) is 0 Å². The maximum Gasteiger partial charge on any atom is 0.240 e. The Hall–Kier alpha value is -0.950. The van der Waals surface area contributed by atoms with Crippen LogP contribution in [-0.2, 0) is 14.8 Å². The Morgan fingerprint density at radius 3 is 2.70 bits per heavy atom. The fraction of sp³-hybridized carbons (Fsp3) is 0.571. The van der Waals surface area contributed by atoms with Gasteiger partial charge in [0.25, 0.3) is 0 Å². The van der Waals surface area contributed by atoms with Gasteiger partial charge in [-0.05, 0) is 43.9 Å². The summed E-state index contributed by atoms with van der Waals surface area (Å²) in [6.45, 7) is 2.71. The first-order valence-corrected chi connectivity index (χ1v) is 8.22. The molecule has 1 rings (SSSR count). The highest BCUT2D eigenvalue weighted by molar-refractivity contribution is 7.89. The van der Waals surface area contributed by atoms with E-state index >= 15 is 0 Å². The molecule has 0 bridgehead atoms. The van der Waals surface area contributed by atoms with Crippen molar-refractivity contribution in [2.75, 3.05) is 20.3 Å². The molecule has 0 heterocycles. The Labute approximate surface area is 121 Å². The predicted molar refractivity (Wildman–Crippen MR) is 78.0 cm³/mol. The number of aliphatic hydroxyl groups excluding tert-OH is 1. The van der Waals surface area contributed by atoms with Gasteiger partial charge in [-0.2, -0.15) is 0 Å². The van der Waals surface area contributed by atoms with Crippen molar-refractivity contribution >= 4 is 10.0 Å². The van der Waals surface area contributed by atoms with Gasteiger partial charge in [0.2, 0.25) is 10.0 Å². The van der Waals surface area contributed by atoms with Crippen molar-refractivity contribution in [3.8, 4) is 0 Å². The average Bonchev–Trinajstić information content (AvgIpc) is 2.43. The quantitative estimate of drug-likeness (QED) is 0.682. The molecule has 0 spiro atoms. The van der Waals surface area contributed by atoms with E-state index < -0.39 is 16.1 Å². The number of unbranched alkanes of at least 4 members (excludes halogenated alkanes) is 2. The van der Waals surface area contributed by atoms with Crippen molar-refractivity contribution in [1.29, 1.82) is 0 Å². The summed E-state index contributed by atoms with van der Waals surface area (Å²) >= 11 is 0. The Morgan fingerprint density at radius 1 is 1.30 bits per heavy atom. The van der Waals surface area contributed by atoms with Gasteiger partial charge in [0.15, 0.2) is 0 Å². The molecule has 0 saturated heterocycles. The first-order chi connectivity index (χ1) is 9.47. The Bertz CT molecular complexity index is 500. The van der Waals surface area contributed by atoms with E-state index in [0.717, 1.165) is 19.3 Å². The van der Waals surface area contributed by atoms with E-state index in [0.29, 0.717) is 18.7 Å². The summed E-state index contributed by atoms with van der Waals surface area (Å²) in [6.07, 6.45) is 1.94. The fourth-order valence-corrected chi connectivity index (χ4v) is 2.91. The van der Waals surface area contributed by atoms with Crippen LogP contribution < -0.4 is 4.72 Å². The maximum atomic E-state index is 12.1. The summed E-state index contributed by atoms with van der Waals surface area (Å²) in [4.78, 5) is 0.188. The van der Waals surface area contributed by atoms with Crippen LogP contribution in [0.15, 0.2) is 29.2 Å². The van der Waals surface area contributed by atoms with Crippen LogP contribution in [0.4, 0.5) is 0 Å². The number of ether oxygens (including phenoxy) is 1. The van der Waals surface area contributed by atoms with Crippen molar-refractivity contribution in [3.05, 3.63) is 29.8 Å². The van der Waals surface area contributed by atoms with Gasteiger partial charge in [-0.25, -0.2) is 13.1 Å². The summed E-state index contributed by atoms with van der Waals surface area (Å²) in [6, 6.07) is 6.36. The van der Waals surface area contributed by atoms with Crippen molar-refractivity contribution in [3.63, 3.8) is 0 Å². The van der Waals surface area contributed by atoms with Crippen LogP contribution in [0, 0.1) is 0 Å². The molecule has 2 N–H and O–H groups in total. The molecule has 0 radical (unpaired) electrons. The van der Waals surface area contributed by atoms with Crippen molar-refractivity contribution in [2.24, 2.45) is 0 Å². The van der Waals surface area contributed by atoms with Crippen LogP contribution in [0.3, 0.4) is 0 Å². The van der Waals surface area contributed by atoms with Gasteiger partial charge in [-0.3, -0.25) is 0 Å². The van der Waals surface area contributed by atoms with E-state index in [1.807, 2.05) is 0 Å². The summed E-state index contributed by atoms with van der Waals surface area (Å²) < 4.78 is 31.7. The molecule has 0 aromatic heterocycles. The summed E-state index contributed by atoms with van der Waals surface area (Å²) in [5, 5.41) is 9.48. The van der Waals surface area contributed by atoms with Crippen LogP contribution in [0.5, 0.6) is 0 Å². The SMILES string of the molecule is COCCCCCNS(=O)(=O)c1cccc(C(C)O)c1. The van der Waals surface area contributed by atoms with E-state index in [1.165, 1.54) is 12.1 Å². The van der Waals surface area contributed by atoms with E-state index in [1.54, 1.807) is 26.2 Å². The van der Waals surface area contributed by atoms with Crippen LogP contribution in [-0.4, -0.2) is 33.8 Å². The van der Waals surface area contributed by atoms with Crippen LogP contribution >= 0.6 is 0 Å². The van der Waals surface area contributed by atoms with Gasteiger partial charge < -0.3 is 9.84 Å². The third-order valence-electron chi connectivity index (χ3n) is 2.97. The van der Waals surface area contributed by atoms with Gasteiger partial charge in [0, 0.05) is 20.3 Å². The molecule has 1 aromatic carbocycles. The minimum Gasteiger partial charge on any atom is -0.389 e. The highest BCUT2D eigenvalue weighted by Crippen LogP contribution is 2.17. The van der Waals surface area contributed by atoms with Crippen molar-refractivity contribution in [1.82, 2.24) is 4.72 Å². The molecule has 1 aromatic rings. The second-order valence-corrected chi connectivity index (χ2v) is 6.47. The molecule has 0 aliphatic rings. The lowest BCUT2D eigenvalue weighted by Crippen LogP contribution is -2.25. The van der Waals surface area contributed by atoms with Crippen LogP contribution in [0.1, 0.15) is 37.9 Å². The summed E-state index contributed by atoms with van der Waals surface area (Å²) in [7, 11) is -1.85. The molecule has 6 heteroatoms. The smallest absolute Gasteiger partial charge is 0.240 e. The molecule has 114 valence electrons. The first kappa shape index (κ1) is 17.1. The normalized spacial score (nSPS) is 13.3. The highest BCUT2D eigenvalue weighted by atomic mass is 32.2. The molecular weight excluding hydrogens is 278 g/mol. The fourth-order valence-electron chi connectivity index (χ4n) is 1.78. The molecule has 1 unspecified atom stereocenters. The van der Waals surface area contributed by atoms with E-state index in [-0.39, 0.29) is 4.90 Å². The molecule has 20 heavy (non-hydrogen) atoms. The van der Waals surface area contributed by atoms with Gasteiger partial charge in [0.1, 0.15) is 0 Å². The standard InChI is InChI=1S/C14H23NO4S/c1-12(16)13-7-6-8-14(11-13)20(17,18)15-9-4-3-5-10-19-2/h6-8,11-12,15-16H,3-5,9-10H2,1-2H3. The minimum atomic E-state index is -3.50. The number of sulfonamides is 1. The molecular formula is C14H23NO4S. The molecule has 0 fully saturated rings. The number of nitrogens with one attached hydrogen (secondary N) is 1. The number of benzene rings is 1. The van der Waals surface area contributed by atoms with E-state index in [2.05, 4.69) is 4.72 Å². The lowest BCUT2D eigenvalue weighted by molar-refractivity contribution is 0.192. The van der Waals surface area contributed by atoms with Gasteiger partial charge >= 0.3 is 0 Å². The summed E-state index contributed by atoms with van der Waals surface area (Å²) in [5.74, 6) is 0. The largest absolute Gasteiger partial charge is 0.389 e.